The Balaban J connectivity index is 0.000000273. The SMILES string of the molecule is Br.CC(C)=CC=CC(C)=CC=C1C(C)=CC(=O)CC1(C)C.c1ccc(P(c2ccccc2)c2ccccc2)cc1. The van der Waals surface area contributed by atoms with E-state index in [1.165, 1.54) is 32.6 Å². The molecular formula is C37H42BrOP. The fourth-order valence-corrected chi connectivity index (χ4v) is 6.94. The summed E-state index contributed by atoms with van der Waals surface area (Å²) in [6, 6.07) is 32.3. The lowest BCUT2D eigenvalue weighted by atomic mass is 9.72. The van der Waals surface area contributed by atoms with Crippen LogP contribution in [-0.4, -0.2) is 5.78 Å². The number of carbonyl (C=O) groups is 1. The smallest absolute Gasteiger partial charge is 0.156 e. The maximum atomic E-state index is 11.6. The highest BCUT2D eigenvalue weighted by Crippen LogP contribution is 2.39. The molecule has 0 spiro atoms. The number of benzene rings is 3. The lowest BCUT2D eigenvalue weighted by Gasteiger charge is -2.31. The number of rotatable bonds is 6. The Labute approximate surface area is 253 Å². The third kappa shape index (κ3) is 10.2. The third-order valence-electron chi connectivity index (χ3n) is 6.49. The molecule has 0 bridgehead atoms. The molecule has 0 unspecified atom stereocenters. The number of hydrogen-bond acceptors (Lipinski definition) is 1. The van der Waals surface area contributed by atoms with Crippen LogP contribution in [0.1, 0.15) is 48.0 Å². The van der Waals surface area contributed by atoms with E-state index in [0.717, 1.165) is 5.57 Å². The minimum absolute atomic E-state index is 0. The second-order valence-electron chi connectivity index (χ2n) is 10.8. The molecule has 0 saturated carbocycles. The Morgan fingerprint density at radius 2 is 1.20 bits per heavy atom. The van der Waals surface area contributed by atoms with Crippen LogP contribution in [0, 0.1) is 5.41 Å². The molecule has 0 aromatic heterocycles. The van der Waals surface area contributed by atoms with Gasteiger partial charge in [-0.15, -0.1) is 17.0 Å². The fraction of sp³-hybridized carbons (Fsp3) is 0.216. The van der Waals surface area contributed by atoms with Crippen molar-refractivity contribution < 1.29 is 4.79 Å². The molecule has 208 valence electrons. The van der Waals surface area contributed by atoms with Crippen molar-refractivity contribution in [2.24, 2.45) is 5.41 Å². The largest absolute Gasteiger partial charge is 0.295 e. The van der Waals surface area contributed by atoms with E-state index in [4.69, 9.17) is 0 Å². The van der Waals surface area contributed by atoms with E-state index in [1.54, 1.807) is 6.08 Å². The fourth-order valence-electron chi connectivity index (χ4n) is 4.63. The zero-order valence-electron chi connectivity index (χ0n) is 24.6. The highest BCUT2D eigenvalue weighted by molar-refractivity contribution is 8.93. The highest BCUT2D eigenvalue weighted by atomic mass is 79.9. The molecule has 0 N–H and O–H groups in total. The molecule has 40 heavy (non-hydrogen) atoms. The predicted molar refractivity (Wildman–Crippen MR) is 183 cm³/mol. The predicted octanol–water partition coefficient (Wildman–Crippen LogP) is 9.35. The van der Waals surface area contributed by atoms with Gasteiger partial charge in [-0.05, 0) is 74.2 Å². The summed E-state index contributed by atoms with van der Waals surface area (Å²) < 4.78 is 0. The lowest BCUT2D eigenvalue weighted by molar-refractivity contribution is -0.116. The molecule has 3 aromatic rings. The van der Waals surface area contributed by atoms with Crippen LogP contribution in [0.5, 0.6) is 0 Å². The van der Waals surface area contributed by atoms with E-state index in [9.17, 15) is 4.79 Å². The van der Waals surface area contributed by atoms with Crippen molar-refractivity contribution in [1.82, 2.24) is 0 Å². The molecular weight excluding hydrogens is 571 g/mol. The van der Waals surface area contributed by atoms with E-state index in [2.05, 4.69) is 156 Å². The zero-order chi connectivity index (χ0) is 28.3. The van der Waals surface area contributed by atoms with E-state index >= 15 is 0 Å². The van der Waals surface area contributed by atoms with Gasteiger partial charge in [0.2, 0.25) is 0 Å². The summed E-state index contributed by atoms with van der Waals surface area (Å²) in [5.74, 6) is 0.230. The molecule has 3 heteroatoms. The van der Waals surface area contributed by atoms with Gasteiger partial charge in [0, 0.05) is 6.42 Å². The molecule has 1 nitrogen and oxygen atoms in total. The van der Waals surface area contributed by atoms with Gasteiger partial charge in [0.25, 0.3) is 0 Å². The second kappa shape index (κ2) is 16.3. The van der Waals surface area contributed by atoms with Crippen LogP contribution in [0.4, 0.5) is 0 Å². The third-order valence-corrected chi connectivity index (χ3v) is 8.94. The van der Waals surface area contributed by atoms with Gasteiger partial charge in [-0.2, -0.15) is 0 Å². The maximum absolute atomic E-state index is 11.6. The molecule has 0 atom stereocenters. The van der Waals surface area contributed by atoms with Crippen LogP contribution in [-0.2, 0) is 4.79 Å². The maximum Gasteiger partial charge on any atom is 0.156 e. The Morgan fingerprint density at radius 1 is 0.750 bits per heavy atom. The van der Waals surface area contributed by atoms with Gasteiger partial charge < -0.3 is 0 Å². The Morgan fingerprint density at radius 3 is 1.60 bits per heavy atom. The van der Waals surface area contributed by atoms with Crippen molar-refractivity contribution in [3.8, 4) is 0 Å². The number of carbonyl (C=O) groups excluding carboxylic acids is 1. The molecule has 0 heterocycles. The lowest BCUT2D eigenvalue weighted by Crippen LogP contribution is -2.24. The van der Waals surface area contributed by atoms with Crippen LogP contribution < -0.4 is 15.9 Å². The molecule has 3 aromatic carbocycles. The monoisotopic (exact) mass is 612 g/mol. The molecule has 0 aliphatic heterocycles. The summed E-state index contributed by atoms with van der Waals surface area (Å²) in [6.07, 6.45) is 12.9. The molecule has 0 radical (unpaired) electrons. The van der Waals surface area contributed by atoms with E-state index in [1.807, 2.05) is 6.92 Å². The summed E-state index contributed by atoms with van der Waals surface area (Å²) >= 11 is 0. The van der Waals surface area contributed by atoms with Crippen molar-refractivity contribution >= 4 is 46.6 Å². The summed E-state index contributed by atoms with van der Waals surface area (Å²) in [5, 5.41) is 4.19. The summed E-state index contributed by atoms with van der Waals surface area (Å²) in [4.78, 5) is 11.6. The molecule has 0 amide bonds. The Kier molecular flexibility index (Phi) is 13.5. The van der Waals surface area contributed by atoms with Gasteiger partial charge in [0.1, 0.15) is 0 Å². The molecule has 1 aliphatic rings. The van der Waals surface area contributed by atoms with E-state index in [0.29, 0.717) is 6.42 Å². The highest BCUT2D eigenvalue weighted by Gasteiger charge is 2.30. The summed E-state index contributed by atoms with van der Waals surface area (Å²) in [5.41, 5.74) is 4.76. The first-order valence-electron chi connectivity index (χ1n) is 13.5. The van der Waals surface area contributed by atoms with Crippen LogP contribution in [0.15, 0.2) is 150 Å². The van der Waals surface area contributed by atoms with Gasteiger partial charge in [-0.3, -0.25) is 4.79 Å². The Hall–Kier alpha value is -3.06. The number of ketones is 1. The molecule has 0 saturated heterocycles. The van der Waals surface area contributed by atoms with E-state index in [-0.39, 0.29) is 28.2 Å². The van der Waals surface area contributed by atoms with Gasteiger partial charge in [0.15, 0.2) is 5.78 Å². The molecule has 1 aliphatic carbocycles. The number of halogens is 1. The van der Waals surface area contributed by atoms with Crippen molar-refractivity contribution in [1.29, 1.82) is 0 Å². The Bertz CT molecular complexity index is 1280. The first-order valence-corrected chi connectivity index (χ1v) is 14.9. The first-order chi connectivity index (χ1) is 18.7. The standard InChI is InChI=1S/C19H26O.C18H15P.BrH/c1-14(2)8-7-9-15(3)10-11-18-16(4)12-17(20)13-19(18,5)6;1-4-10-16(11-5-1)19(17-12-6-2-7-13-17)18-14-8-3-9-15-18;/h7-12H,13H2,1-6H3;1-15H;1H. The van der Waals surface area contributed by atoms with Gasteiger partial charge in [-0.1, -0.05) is 146 Å². The van der Waals surface area contributed by atoms with Crippen LogP contribution in [0.25, 0.3) is 0 Å². The average molecular weight is 614 g/mol. The average Bonchev–Trinajstić information content (AvgIpc) is 2.90. The van der Waals surface area contributed by atoms with Crippen LogP contribution >= 0.6 is 24.9 Å². The van der Waals surface area contributed by atoms with Crippen LogP contribution in [0.2, 0.25) is 0 Å². The first kappa shape index (κ1) is 33.1. The quantitative estimate of drug-likeness (QED) is 0.200. The summed E-state index contributed by atoms with van der Waals surface area (Å²) in [6.45, 7) is 12.5. The summed E-state index contributed by atoms with van der Waals surface area (Å²) in [7, 11) is -0.446. The van der Waals surface area contributed by atoms with Gasteiger partial charge in [0.05, 0.1) is 0 Å². The van der Waals surface area contributed by atoms with Crippen molar-refractivity contribution in [3.63, 3.8) is 0 Å². The van der Waals surface area contributed by atoms with Gasteiger partial charge >= 0.3 is 0 Å². The second-order valence-corrected chi connectivity index (χ2v) is 13.0. The molecule has 0 fully saturated rings. The minimum atomic E-state index is -0.446. The van der Waals surface area contributed by atoms with Gasteiger partial charge in [-0.25, -0.2) is 0 Å². The topological polar surface area (TPSA) is 17.1 Å². The number of hydrogen-bond donors (Lipinski definition) is 0. The minimum Gasteiger partial charge on any atom is -0.295 e. The number of allylic oxidation sites excluding steroid dienone is 10. The normalized spacial score (nSPS) is 15.7. The molecule has 4 rings (SSSR count). The van der Waals surface area contributed by atoms with Crippen molar-refractivity contribution in [2.75, 3.05) is 0 Å². The van der Waals surface area contributed by atoms with E-state index < -0.39 is 7.92 Å². The van der Waals surface area contributed by atoms with Crippen molar-refractivity contribution in [3.05, 3.63) is 150 Å². The van der Waals surface area contributed by atoms with Crippen LogP contribution in [0.3, 0.4) is 0 Å². The zero-order valence-corrected chi connectivity index (χ0v) is 27.2. The van der Waals surface area contributed by atoms with Crippen molar-refractivity contribution in [2.45, 2.75) is 48.0 Å².